The minimum atomic E-state index is -0.0286. The van der Waals surface area contributed by atoms with Crippen LogP contribution in [0.1, 0.15) is 35.7 Å². The molecule has 1 saturated heterocycles. The molecule has 0 aliphatic carbocycles. The summed E-state index contributed by atoms with van der Waals surface area (Å²) in [6.45, 7) is 4.00. The average molecular weight is 291 g/mol. The van der Waals surface area contributed by atoms with Crippen molar-refractivity contribution < 1.29 is 14.7 Å². The van der Waals surface area contributed by atoms with Crippen molar-refractivity contribution in [3.63, 3.8) is 0 Å². The van der Waals surface area contributed by atoms with E-state index in [0.717, 1.165) is 19.4 Å². The molecule has 3 N–H and O–H groups in total. The first-order chi connectivity index (χ1) is 10.2. The first kappa shape index (κ1) is 15.3. The molecule has 1 fully saturated rings. The van der Waals surface area contributed by atoms with Crippen LogP contribution in [0.5, 0.6) is 0 Å². The van der Waals surface area contributed by atoms with E-state index in [4.69, 9.17) is 15.7 Å². The van der Waals surface area contributed by atoms with Gasteiger partial charge in [0.15, 0.2) is 5.84 Å². The summed E-state index contributed by atoms with van der Waals surface area (Å²) < 4.78 is 5.58. The van der Waals surface area contributed by atoms with E-state index in [0.29, 0.717) is 24.2 Å². The fourth-order valence-corrected chi connectivity index (χ4v) is 2.41. The zero-order valence-electron chi connectivity index (χ0n) is 12.2. The summed E-state index contributed by atoms with van der Waals surface area (Å²) in [6.07, 6.45) is 2.21. The highest BCUT2D eigenvalue weighted by molar-refractivity contribution is 5.99. The maximum atomic E-state index is 12.5. The predicted molar refractivity (Wildman–Crippen MR) is 79.5 cm³/mol. The molecule has 0 aromatic heterocycles. The van der Waals surface area contributed by atoms with Crippen LogP contribution in [0.25, 0.3) is 0 Å². The minimum absolute atomic E-state index is 0.0284. The summed E-state index contributed by atoms with van der Waals surface area (Å²) in [5.74, 6) is -0.000221. The van der Waals surface area contributed by atoms with E-state index in [1.54, 1.807) is 29.2 Å². The third-order valence-electron chi connectivity index (χ3n) is 3.65. The molecular formula is C15H21N3O3. The lowest BCUT2D eigenvalue weighted by molar-refractivity contribution is 0.0539. The maximum Gasteiger partial charge on any atom is 0.253 e. The van der Waals surface area contributed by atoms with Crippen molar-refractivity contribution in [3.8, 4) is 0 Å². The molecule has 1 atom stereocenters. The van der Waals surface area contributed by atoms with Gasteiger partial charge in [-0.15, -0.1) is 0 Å². The van der Waals surface area contributed by atoms with Crippen LogP contribution in [-0.4, -0.2) is 47.7 Å². The topological polar surface area (TPSA) is 88.2 Å². The SMILES string of the molecule is CCN(CC1CCCO1)C(=O)c1ccc(C(N)=NO)cc1. The summed E-state index contributed by atoms with van der Waals surface area (Å²) in [5, 5.41) is 11.6. The Morgan fingerprint density at radius 3 is 2.62 bits per heavy atom. The molecule has 1 aromatic carbocycles. The van der Waals surface area contributed by atoms with Crippen LogP contribution in [0, 0.1) is 0 Å². The number of benzene rings is 1. The van der Waals surface area contributed by atoms with Crippen LogP contribution in [0.2, 0.25) is 0 Å². The molecule has 21 heavy (non-hydrogen) atoms. The number of nitrogens with two attached hydrogens (primary N) is 1. The van der Waals surface area contributed by atoms with Gasteiger partial charge >= 0.3 is 0 Å². The lowest BCUT2D eigenvalue weighted by Crippen LogP contribution is -2.37. The second-order valence-electron chi connectivity index (χ2n) is 5.04. The highest BCUT2D eigenvalue weighted by Crippen LogP contribution is 2.15. The number of amides is 1. The van der Waals surface area contributed by atoms with Gasteiger partial charge in [0.05, 0.1) is 6.10 Å². The van der Waals surface area contributed by atoms with Gasteiger partial charge in [0.25, 0.3) is 5.91 Å². The van der Waals surface area contributed by atoms with Crippen LogP contribution < -0.4 is 5.73 Å². The molecule has 1 amide bonds. The fraction of sp³-hybridized carbons (Fsp3) is 0.467. The quantitative estimate of drug-likeness (QED) is 0.372. The van der Waals surface area contributed by atoms with Crippen LogP contribution in [-0.2, 0) is 4.74 Å². The van der Waals surface area contributed by atoms with E-state index >= 15 is 0 Å². The van der Waals surface area contributed by atoms with Crippen LogP contribution >= 0.6 is 0 Å². The van der Waals surface area contributed by atoms with Gasteiger partial charge in [0.1, 0.15) is 0 Å². The van der Waals surface area contributed by atoms with Crippen molar-refractivity contribution in [2.75, 3.05) is 19.7 Å². The first-order valence-corrected chi connectivity index (χ1v) is 7.14. The van der Waals surface area contributed by atoms with Crippen LogP contribution in [0.4, 0.5) is 0 Å². The van der Waals surface area contributed by atoms with Gasteiger partial charge in [-0.1, -0.05) is 17.3 Å². The van der Waals surface area contributed by atoms with Crippen molar-refractivity contribution in [2.24, 2.45) is 10.9 Å². The summed E-state index contributed by atoms with van der Waals surface area (Å²) in [6, 6.07) is 6.71. The van der Waals surface area contributed by atoms with E-state index < -0.39 is 0 Å². The van der Waals surface area contributed by atoms with E-state index in [2.05, 4.69) is 5.16 Å². The Morgan fingerprint density at radius 1 is 1.43 bits per heavy atom. The van der Waals surface area contributed by atoms with E-state index in [1.165, 1.54) is 0 Å². The summed E-state index contributed by atoms with van der Waals surface area (Å²) in [4.78, 5) is 14.3. The molecule has 0 bridgehead atoms. The van der Waals surface area contributed by atoms with Gasteiger partial charge in [-0.25, -0.2) is 0 Å². The molecule has 1 aliphatic heterocycles. The Balaban J connectivity index is 2.06. The lowest BCUT2D eigenvalue weighted by atomic mass is 10.1. The fourth-order valence-electron chi connectivity index (χ4n) is 2.41. The zero-order chi connectivity index (χ0) is 15.2. The largest absolute Gasteiger partial charge is 0.409 e. The number of ether oxygens (including phenoxy) is 1. The second kappa shape index (κ2) is 7.08. The molecule has 1 aliphatic rings. The number of rotatable bonds is 5. The molecule has 114 valence electrons. The number of hydrogen-bond acceptors (Lipinski definition) is 4. The molecule has 1 unspecified atom stereocenters. The summed E-state index contributed by atoms with van der Waals surface area (Å²) in [7, 11) is 0. The van der Waals surface area contributed by atoms with E-state index in [-0.39, 0.29) is 17.8 Å². The number of amidine groups is 1. The van der Waals surface area contributed by atoms with Crippen molar-refractivity contribution in [2.45, 2.75) is 25.9 Å². The van der Waals surface area contributed by atoms with Crippen molar-refractivity contribution in [1.29, 1.82) is 0 Å². The van der Waals surface area contributed by atoms with Crippen molar-refractivity contribution >= 4 is 11.7 Å². The average Bonchev–Trinajstić information content (AvgIpc) is 3.04. The number of hydrogen-bond donors (Lipinski definition) is 2. The number of nitrogens with zero attached hydrogens (tertiary/aromatic N) is 2. The van der Waals surface area contributed by atoms with Crippen LogP contribution in [0.15, 0.2) is 29.4 Å². The smallest absolute Gasteiger partial charge is 0.253 e. The molecule has 2 rings (SSSR count). The monoisotopic (exact) mass is 291 g/mol. The Bertz CT molecular complexity index is 507. The molecule has 6 nitrogen and oxygen atoms in total. The van der Waals surface area contributed by atoms with Crippen molar-refractivity contribution in [1.82, 2.24) is 4.90 Å². The van der Waals surface area contributed by atoms with Gasteiger partial charge in [-0.2, -0.15) is 0 Å². The number of carbonyl (C=O) groups excluding carboxylic acids is 1. The highest BCUT2D eigenvalue weighted by atomic mass is 16.5. The Morgan fingerprint density at radius 2 is 2.10 bits per heavy atom. The summed E-state index contributed by atoms with van der Waals surface area (Å²) >= 11 is 0. The normalized spacial score (nSPS) is 18.7. The molecule has 0 saturated carbocycles. The first-order valence-electron chi connectivity index (χ1n) is 7.14. The maximum absolute atomic E-state index is 12.5. The molecule has 0 radical (unpaired) electrons. The Kier molecular flexibility index (Phi) is 5.16. The van der Waals surface area contributed by atoms with E-state index in [1.807, 2.05) is 6.92 Å². The standard InChI is InChI=1S/C15H21N3O3/c1-2-18(10-13-4-3-9-21-13)15(19)12-7-5-11(6-8-12)14(16)17-20/h5-8,13,20H,2-4,9-10H2,1H3,(H2,16,17). The molecular weight excluding hydrogens is 270 g/mol. The van der Waals surface area contributed by atoms with Crippen molar-refractivity contribution in [3.05, 3.63) is 35.4 Å². The highest BCUT2D eigenvalue weighted by Gasteiger charge is 2.22. The van der Waals surface area contributed by atoms with Gasteiger partial charge in [0.2, 0.25) is 0 Å². The Labute approximate surface area is 124 Å². The number of oxime groups is 1. The third kappa shape index (κ3) is 3.72. The second-order valence-corrected chi connectivity index (χ2v) is 5.04. The number of carbonyl (C=O) groups is 1. The predicted octanol–water partition coefficient (Wildman–Crippen LogP) is 1.42. The van der Waals surface area contributed by atoms with E-state index in [9.17, 15) is 4.79 Å². The Hall–Kier alpha value is -2.08. The third-order valence-corrected chi connectivity index (χ3v) is 3.65. The molecule has 0 spiro atoms. The zero-order valence-corrected chi connectivity index (χ0v) is 12.2. The number of likely N-dealkylation sites (N-methyl/N-ethyl adjacent to an activating group) is 1. The van der Waals surface area contributed by atoms with Gasteiger partial charge in [-0.3, -0.25) is 4.79 Å². The molecule has 1 aromatic rings. The summed E-state index contributed by atoms with van der Waals surface area (Å²) in [5.41, 5.74) is 6.67. The van der Waals surface area contributed by atoms with Crippen LogP contribution in [0.3, 0.4) is 0 Å². The molecule has 1 heterocycles. The minimum Gasteiger partial charge on any atom is -0.409 e. The van der Waals surface area contributed by atoms with Gasteiger partial charge in [0, 0.05) is 30.8 Å². The lowest BCUT2D eigenvalue weighted by Gasteiger charge is -2.24. The van der Waals surface area contributed by atoms with Gasteiger partial charge < -0.3 is 20.6 Å². The van der Waals surface area contributed by atoms with Gasteiger partial charge in [-0.05, 0) is 31.9 Å². The molecule has 6 heteroatoms.